The number of nitrogens with one attached hydrogen (secondary N) is 2. The molecule has 0 radical (unpaired) electrons. The van der Waals surface area contributed by atoms with E-state index in [2.05, 4.69) is 15.6 Å². The van der Waals surface area contributed by atoms with E-state index in [-0.39, 0.29) is 18.2 Å². The number of aromatic nitrogens is 1. The smallest absolute Gasteiger partial charge is 0.412 e. The second kappa shape index (κ2) is 11.9. The van der Waals surface area contributed by atoms with Crippen molar-refractivity contribution in [1.29, 1.82) is 0 Å². The molecule has 39 heavy (non-hydrogen) atoms. The summed E-state index contributed by atoms with van der Waals surface area (Å²) in [5, 5.41) is 17.7. The number of benzene rings is 2. The third-order valence-electron chi connectivity index (χ3n) is 5.95. The lowest BCUT2D eigenvalue weighted by atomic mass is 10.0. The summed E-state index contributed by atoms with van der Waals surface area (Å²) in [6.07, 6.45) is 2.44. The van der Waals surface area contributed by atoms with Crippen molar-refractivity contribution in [3.8, 4) is 10.4 Å². The Bertz CT molecular complexity index is 1450. The molecule has 8 nitrogen and oxygen atoms in total. The number of amides is 3. The molecular weight excluding hydrogens is 512 g/mol. The molecule has 4 rings (SSSR count). The van der Waals surface area contributed by atoms with E-state index in [1.165, 1.54) is 4.90 Å². The third-order valence-corrected chi connectivity index (χ3v) is 6.87. The van der Waals surface area contributed by atoms with Gasteiger partial charge in [-0.1, -0.05) is 30.3 Å². The number of rotatable bonds is 8. The highest BCUT2D eigenvalue weighted by molar-refractivity contribution is 7.13. The second-order valence-corrected chi connectivity index (χ2v) is 10.9. The molecule has 0 saturated carbocycles. The van der Waals surface area contributed by atoms with Gasteiger partial charge in [-0.05, 0) is 79.2 Å². The predicted octanol–water partition coefficient (Wildman–Crippen LogP) is 6.20. The summed E-state index contributed by atoms with van der Waals surface area (Å²) in [7, 11) is 0. The Morgan fingerprint density at radius 3 is 2.36 bits per heavy atom. The minimum atomic E-state index is -1.11. The maximum atomic E-state index is 13.2. The van der Waals surface area contributed by atoms with Crippen LogP contribution in [0.4, 0.5) is 16.2 Å². The van der Waals surface area contributed by atoms with Gasteiger partial charge in [0.1, 0.15) is 0 Å². The largest absolute Gasteiger partial charge is 0.465 e. The van der Waals surface area contributed by atoms with Crippen molar-refractivity contribution in [3.63, 3.8) is 0 Å². The van der Waals surface area contributed by atoms with Gasteiger partial charge in [-0.25, -0.2) is 4.79 Å². The molecule has 2 aromatic carbocycles. The van der Waals surface area contributed by atoms with Crippen LogP contribution in [0.2, 0.25) is 0 Å². The first-order valence-corrected chi connectivity index (χ1v) is 13.3. The Morgan fingerprint density at radius 1 is 0.974 bits per heavy atom. The fourth-order valence-electron chi connectivity index (χ4n) is 4.10. The number of carbonyl (C=O) groups excluding carboxylic acids is 2. The molecular formula is C30H30N4O4S. The predicted molar refractivity (Wildman–Crippen MR) is 154 cm³/mol. The molecule has 0 unspecified atom stereocenters. The average Bonchev–Trinajstić information content (AvgIpc) is 3.43. The van der Waals surface area contributed by atoms with Crippen molar-refractivity contribution < 1.29 is 19.5 Å². The van der Waals surface area contributed by atoms with Crippen LogP contribution in [-0.4, -0.2) is 33.5 Å². The van der Waals surface area contributed by atoms with Gasteiger partial charge >= 0.3 is 6.09 Å². The molecule has 0 spiro atoms. The zero-order chi connectivity index (χ0) is 28.0. The fraction of sp³-hybridized carbons (Fsp3) is 0.200. The number of carbonyl (C=O) groups is 3. The van der Waals surface area contributed by atoms with Crippen LogP contribution in [0.1, 0.15) is 42.3 Å². The molecule has 0 bridgehead atoms. The number of anilines is 2. The van der Waals surface area contributed by atoms with Crippen molar-refractivity contribution in [2.24, 2.45) is 0 Å². The molecule has 0 atom stereocenters. The molecule has 2 aromatic heterocycles. The van der Waals surface area contributed by atoms with E-state index in [1.807, 2.05) is 29.6 Å². The van der Waals surface area contributed by atoms with Crippen LogP contribution < -0.4 is 15.5 Å². The van der Waals surface area contributed by atoms with Gasteiger partial charge in [-0.3, -0.25) is 19.5 Å². The summed E-state index contributed by atoms with van der Waals surface area (Å²) in [4.78, 5) is 43.9. The molecule has 2 heterocycles. The zero-order valence-electron chi connectivity index (χ0n) is 22.0. The summed E-state index contributed by atoms with van der Waals surface area (Å²) >= 11 is 1.56. The van der Waals surface area contributed by atoms with Crippen molar-refractivity contribution in [3.05, 3.63) is 101 Å². The summed E-state index contributed by atoms with van der Waals surface area (Å²) < 4.78 is 0. The molecule has 4 aromatic rings. The lowest BCUT2D eigenvalue weighted by molar-refractivity contribution is -0.120. The van der Waals surface area contributed by atoms with Crippen LogP contribution in [0.15, 0.2) is 84.5 Å². The van der Waals surface area contributed by atoms with Gasteiger partial charge in [-0.2, -0.15) is 0 Å². The van der Waals surface area contributed by atoms with E-state index < -0.39 is 11.6 Å². The topological polar surface area (TPSA) is 112 Å². The van der Waals surface area contributed by atoms with E-state index in [1.54, 1.807) is 87.0 Å². The first-order chi connectivity index (χ1) is 18.6. The first-order valence-electron chi connectivity index (χ1n) is 12.4. The van der Waals surface area contributed by atoms with E-state index >= 15 is 0 Å². The van der Waals surface area contributed by atoms with Crippen LogP contribution in [0.3, 0.4) is 0 Å². The number of thiophene rings is 1. The maximum absolute atomic E-state index is 13.2. The minimum absolute atomic E-state index is 0.121. The van der Waals surface area contributed by atoms with E-state index in [9.17, 15) is 19.5 Å². The molecule has 200 valence electrons. The maximum Gasteiger partial charge on any atom is 0.412 e. The number of hydrogen-bond donors (Lipinski definition) is 3. The first kappa shape index (κ1) is 27.5. The van der Waals surface area contributed by atoms with Gasteiger partial charge in [0.15, 0.2) is 0 Å². The van der Waals surface area contributed by atoms with Gasteiger partial charge < -0.3 is 15.7 Å². The average molecular weight is 543 g/mol. The third kappa shape index (κ3) is 7.08. The van der Waals surface area contributed by atoms with Crippen LogP contribution in [0.5, 0.6) is 0 Å². The van der Waals surface area contributed by atoms with Gasteiger partial charge in [0.2, 0.25) is 5.91 Å². The Labute approximate surface area is 231 Å². The highest BCUT2D eigenvalue weighted by Gasteiger charge is 2.30. The Morgan fingerprint density at radius 2 is 1.74 bits per heavy atom. The molecule has 3 amide bonds. The van der Waals surface area contributed by atoms with Gasteiger partial charge in [0.25, 0.3) is 5.91 Å². The van der Waals surface area contributed by atoms with Crippen molar-refractivity contribution in [2.75, 3.05) is 10.2 Å². The zero-order valence-corrected chi connectivity index (χ0v) is 22.8. The standard InChI is InChI=1S/C30H30N4O4S/c1-30(2,3)34(29(37)38)25-13-12-23(26-7-5-15-39-26)17-24(25)33-28(36)22-10-8-20(9-11-22)19-32-27(35)16-21-6-4-14-31-18-21/h4-15,17-18H,16,19H2,1-3H3,(H,32,35)(H,33,36)(H,37,38). The minimum Gasteiger partial charge on any atom is -0.465 e. The van der Waals surface area contributed by atoms with E-state index in [0.29, 0.717) is 23.5 Å². The molecule has 0 saturated heterocycles. The molecule has 9 heteroatoms. The summed E-state index contributed by atoms with van der Waals surface area (Å²) in [5.41, 5.74) is 3.00. The molecule has 0 fully saturated rings. The van der Waals surface area contributed by atoms with E-state index in [0.717, 1.165) is 21.6 Å². The molecule has 0 aliphatic rings. The van der Waals surface area contributed by atoms with Crippen molar-refractivity contribution >= 4 is 40.6 Å². The number of nitrogens with zero attached hydrogens (tertiary/aromatic N) is 2. The summed E-state index contributed by atoms with van der Waals surface area (Å²) in [6, 6.07) is 19.8. The lowest BCUT2D eigenvalue weighted by Gasteiger charge is -2.34. The van der Waals surface area contributed by atoms with Gasteiger partial charge in [0, 0.05) is 34.9 Å². The summed E-state index contributed by atoms with van der Waals surface area (Å²) in [6.45, 7) is 5.73. The highest BCUT2D eigenvalue weighted by atomic mass is 32.1. The molecule has 0 aliphatic heterocycles. The fourth-order valence-corrected chi connectivity index (χ4v) is 4.82. The number of hydrogen-bond acceptors (Lipinski definition) is 5. The molecule has 3 N–H and O–H groups in total. The van der Waals surface area contributed by atoms with Crippen molar-refractivity contribution in [2.45, 2.75) is 39.3 Å². The van der Waals surface area contributed by atoms with E-state index in [4.69, 9.17) is 0 Å². The Balaban J connectivity index is 1.50. The van der Waals surface area contributed by atoms with Gasteiger partial charge in [0.05, 0.1) is 17.8 Å². The summed E-state index contributed by atoms with van der Waals surface area (Å²) in [5.74, 6) is -0.490. The highest BCUT2D eigenvalue weighted by Crippen LogP contribution is 2.36. The number of pyridine rings is 1. The quantitative estimate of drug-likeness (QED) is 0.245. The molecule has 0 aliphatic carbocycles. The van der Waals surface area contributed by atoms with Crippen molar-refractivity contribution in [1.82, 2.24) is 10.3 Å². The van der Waals surface area contributed by atoms with Crippen LogP contribution >= 0.6 is 11.3 Å². The van der Waals surface area contributed by atoms with Crippen LogP contribution in [-0.2, 0) is 17.8 Å². The monoisotopic (exact) mass is 542 g/mol. The Kier molecular flexibility index (Phi) is 8.41. The lowest BCUT2D eigenvalue weighted by Crippen LogP contribution is -2.45. The SMILES string of the molecule is CC(C)(C)N(C(=O)O)c1ccc(-c2cccs2)cc1NC(=O)c1ccc(CNC(=O)Cc2cccnc2)cc1. The second-order valence-electron chi connectivity index (χ2n) is 9.96. The van der Waals surface area contributed by atoms with Gasteiger partial charge in [-0.15, -0.1) is 11.3 Å². The normalized spacial score (nSPS) is 11.1. The number of carboxylic acid groups (broad SMARTS) is 1. The van der Waals surface area contributed by atoms with Crippen LogP contribution in [0, 0.1) is 0 Å². The Hall–Kier alpha value is -4.50. The van der Waals surface area contributed by atoms with Crippen LogP contribution in [0.25, 0.3) is 10.4 Å².